The van der Waals surface area contributed by atoms with E-state index in [4.69, 9.17) is 4.74 Å². The number of nitrogens with zero attached hydrogens (tertiary/aromatic N) is 4. The highest BCUT2D eigenvalue weighted by Gasteiger charge is 2.24. The minimum atomic E-state index is -0.287. The predicted molar refractivity (Wildman–Crippen MR) is 97.8 cm³/mol. The SMILES string of the molecule is Cc1cc(C(=O)N2CCn3nc(OCc4cccc(F)c4)cc3C2)cn1C. The molecule has 7 heteroatoms. The molecule has 0 atom stereocenters. The number of fused-ring (bicyclic) bond motifs is 1. The van der Waals surface area contributed by atoms with Crippen LogP contribution in [0.1, 0.15) is 27.3 Å². The van der Waals surface area contributed by atoms with Crippen molar-refractivity contribution in [2.45, 2.75) is 26.6 Å². The molecule has 0 N–H and O–H groups in total. The first-order valence-electron chi connectivity index (χ1n) is 8.86. The summed E-state index contributed by atoms with van der Waals surface area (Å²) in [5.74, 6) is 0.220. The third-order valence-electron chi connectivity index (χ3n) is 4.84. The van der Waals surface area contributed by atoms with Gasteiger partial charge in [-0.15, -0.1) is 5.10 Å². The van der Waals surface area contributed by atoms with E-state index in [0.717, 1.165) is 17.0 Å². The van der Waals surface area contributed by atoms with E-state index in [-0.39, 0.29) is 18.3 Å². The summed E-state index contributed by atoms with van der Waals surface area (Å²) in [6, 6.07) is 10.1. The number of hydrogen-bond donors (Lipinski definition) is 0. The van der Waals surface area contributed by atoms with Crippen LogP contribution in [0, 0.1) is 12.7 Å². The quantitative estimate of drug-likeness (QED) is 0.712. The summed E-state index contributed by atoms with van der Waals surface area (Å²) >= 11 is 0. The van der Waals surface area contributed by atoms with Crippen LogP contribution in [0.3, 0.4) is 0 Å². The Morgan fingerprint density at radius 2 is 2.11 bits per heavy atom. The molecular formula is C20H21FN4O2. The molecule has 140 valence electrons. The van der Waals surface area contributed by atoms with Crippen LogP contribution in [0.4, 0.5) is 4.39 Å². The molecule has 6 nitrogen and oxygen atoms in total. The van der Waals surface area contributed by atoms with Crippen LogP contribution in [-0.4, -0.2) is 31.7 Å². The Morgan fingerprint density at radius 3 is 2.85 bits per heavy atom. The van der Waals surface area contributed by atoms with Gasteiger partial charge in [-0.3, -0.25) is 9.48 Å². The standard InChI is InChI=1S/C20H21FN4O2/c1-14-8-16(11-23(14)2)20(26)24-6-7-25-18(12-24)10-19(22-25)27-13-15-4-3-5-17(21)9-15/h3-5,8-11H,6-7,12-13H2,1-2H3. The summed E-state index contributed by atoms with van der Waals surface area (Å²) in [5, 5.41) is 4.43. The number of halogens is 1. The van der Waals surface area contributed by atoms with Crippen molar-refractivity contribution in [2.75, 3.05) is 6.54 Å². The summed E-state index contributed by atoms with van der Waals surface area (Å²) in [6.45, 7) is 3.94. The highest BCUT2D eigenvalue weighted by atomic mass is 19.1. The zero-order valence-corrected chi connectivity index (χ0v) is 15.4. The lowest BCUT2D eigenvalue weighted by Crippen LogP contribution is -2.38. The van der Waals surface area contributed by atoms with Crippen molar-refractivity contribution >= 4 is 5.91 Å². The summed E-state index contributed by atoms with van der Waals surface area (Å²) in [5.41, 5.74) is 3.42. The molecule has 0 unspecified atom stereocenters. The molecule has 1 amide bonds. The molecule has 0 aliphatic carbocycles. The molecule has 3 aromatic rings. The molecule has 0 radical (unpaired) electrons. The summed E-state index contributed by atoms with van der Waals surface area (Å²) in [6.07, 6.45) is 1.86. The van der Waals surface area contributed by atoms with Crippen molar-refractivity contribution in [1.82, 2.24) is 19.2 Å². The van der Waals surface area contributed by atoms with Crippen molar-refractivity contribution < 1.29 is 13.9 Å². The normalized spacial score (nSPS) is 13.5. The molecule has 0 spiro atoms. The van der Waals surface area contributed by atoms with Crippen LogP contribution in [0.5, 0.6) is 5.88 Å². The average molecular weight is 368 g/mol. The number of ether oxygens (including phenoxy) is 1. The number of benzene rings is 1. The van der Waals surface area contributed by atoms with Crippen LogP contribution in [0.15, 0.2) is 42.6 Å². The lowest BCUT2D eigenvalue weighted by atomic mass is 10.2. The van der Waals surface area contributed by atoms with E-state index in [1.165, 1.54) is 12.1 Å². The Morgan fingerprint density at radius 1 is 1.26 bits per heavy atom. The largest absolute Gasteiger partial charge is 0.472 e. The van der Waals surface area contributed by atoms with Gasteiger partial charge in [0.2, 0.25) is 5.88 Å². The van der Waals surface area contributed by atoms with E-state index in [1.807, 2.05) is 46.4 Å². The van der Waals surface area contributed by atoms with Crippen LogP contribution in [0.25, 0.3) is 0 Å². The fourth-order valence-corrected chi connectivity index (χ4v) is 3.24. The molecule has 0 saturated heterocycles. The number of hydrogen-bond acceptors (Lipinski definition) is 3. The predicted octanol–water partition coefficient (Wildman–Crippen LogP) is 2.90. The van der Waals surface area contributed by atoms with E-state index in [1.54, 1.807) is 12.1 Å². The maximum absolute atomic E-state index is 13.2. The second-order valence-electron chi connectivity index (χ2n) is 6.82. The Hall–Kier alpha value is -3.09. The fraction of sp³-hybridized carbons (Fsp3) is 0.300. The highest BCUT2D eigenvalue weighted by molar-refractivity contribution is 5.94. The maximum Gasteiger partial charge on any atom is 0.255 e. The number of aromatic nitrogens is 3. The summed E-state index contributed by atoms with van der Waals surface area (Å²) in [4.78, 5) is 14.6. The number of carbonyl (C=O) groups is 1. The Labute approximate surface area is 156 Å². The lowest BCUT2D eigenvalue weighted by molar-refractivity contribution is 0.0706. The van der Waals surface area contributed by atoms with E-state index in [0.29, 0.717) is 31.1 Å². The average Bonchev–Trinajstić information content (AvgIpc) is 3.21. The van der Waals surface area contributed by atoms with Gasteiger partial charge in [-0.1, -0.05) is 12.1 Å². The van der Waals surface area contributed by atoms with Crippen molar-refractivity contribution in [2.24, 2.45) is 7.05 Å². The zero-order chi connectivity index (χ0) is 19.0. The van der Waals surface area contributed by atoms with Gasteiger partial charge in [-0.25, -0.2) is 4.39 Å². The van der Waals surface area contributed by atoms with Gasteiger partial charge in [-0.05, 0) is 30.7 Å². The Bertz CT molecular complexity index is 972. The minimum Gasteiger partial charge on any atom is -0.472 e. The number of rotatable bonds is 4. The molecule has 3 heterocycles. The maximum atomic E-state index is 13.2. The molecule has 1 aliphatic rings. The Kier molecular flexibility index (Phi) is 4.43. The summed E-state index contributed by atoms with van der Waals surface area (Å²) in [7, 11) is 1.93. The molecular weight excluding hydrogens is 347 g/mol. The molecule has 0 saturated carbocycles. The van der Waals surface area contributed by atoms with Gasteiger partial charge in [0.1, 0.15) is 12.4 Å². The van der Waals surface area contributed by atoms with Gasteiger partial charge >= 0.3 is 0 Å². The molecule has 0 bridgehead atoms. The molecule has 4 rings (SSSR count). The van der Waals surface area contributed by atoms with E-state index in [9.17, 15) is 9.18 Å². The highest BCUT2D eigenvalue weighted by Crippen LogP contribution is 2.21. The second-order valence-corrected chi connectivity index (χ2v) is 6.82. The van der Waals surface area contributed by atoms with E-state index >= 15 is 0 Å². The van der Waals surface area contributed by atoms with Crippen LogP contribution >= 0.6 is 0 Å². The molecule has 0 fully saturated rings. The van der Waals surface area contributed by atoms with E-state index in [2.05, 4.69) is 5.10 Å². The fourth-order valence-electron chi connectivity index (χ4n) is 3.24. The smallest absolute Gasteiger partial charge is 0.255 e. The van der Waals surface area contributed by atoms with Gasteiger partial charge in [-0.2, -0.15) is 0 Å². The number of amides is 1. The Balaban J connectivity index is 1.43. The van der Waals surface area contributed by atoms with Gasteiger partial charge in [0.05, 0.1) is 24.3 Å². The van der Waals surface area contributed by atoms with Crippen molar-refractivity contribution in [3.8, 4) is 5.88 Å². The second kappa shape index (κ2) is 6.90. The van der Waals surface area contributed by atoms with Crippen LogP contribution < -0.4 is 4.74 Å². The molecule has 1 aromatic carbocycles. The van der Waals surface area contributed by atoms with Crippen molar-refractivity contribution in [3.05, 3.63) is 70.9 Å². The van der Waals surface area contributed by atoms with Gasteiger partial charge in [0.15, 0.2) is 0 Å². The first-order chi connectivity index (χ1) is 13.0. The molecule has 27 heavy (non-hydrogen) atoms. The zero-order valence-electron chi connectivity index (χ0n) is 15.4. The third kappa shape index (κ3) is 3.58. The number of carbonyl (C=O) groups excluding carboxylic acids is 1. The first kappa shape index (κ1) is 17.3. The molecule has 1 aliphatic heterocycles. The van der Waals surface area contributed by atoms with Gasteiger partial charge in [0, 0.05) is 31.5 Å². The van der Waals surface area contributed by atoms with Crippen LogP contribution in [0.2, 0.25) is 0 Å². The van der Waals surface area contributed by atoms with Gasteiger partial charge < -0.3 is 14.2 Å². The lowest BCUT2D eigenvalue weighted by Gasteiger charge is -2.27. The van der Waals surface area contributed by atoms with Crippen molar-refractivity contribution in [3.63, 3.8) is 0 Å². The van der Waals surface area contributed by atoms with Crippen molar-refractivity contribution in [1.29, 1.82) is 0 Å². The monoisotopic (exact) mass is 368 g/mol. The van der Waals surface area contributed by atoms with E-state index < -0.39 is 0 Å². The summed E-state index contributed by atoms with van der Waals surface area (Å²) < 4.78 is 22.7. The van der Waals surface area contributed by atoms with Gasteiger partial charge in [0.25, 0.3) is 5.91 Å². The first-order valence-corrected chi connectivity index (χ1v) is 8.86. The van der Waals surface area contributed by atoms with Crippen LogP contribution in [-0.2, 0) is 26.7 Å². The third-order valence-corrected chi connectivity index (χ3v) is 4.84. The molecule has 2 aromatic heterocycles. The topological polar surface area (TPSA) is 52.3 Å². The number of aryl methyl sites for hydroxylation is 2. The minimum absolute atomic E-state index is 0.0216.